The number of nitrogens with zero attached hydrogens (tertiary/aromatic N) is 2. The average molecular weight is 239 g/mol. The van der Waals surface area contributed by atoms with Crippen molar-refractivity contribution in [1.29, 1.82) is 0 Å². The van der Waals surface area contributed by atoms with Gasteiger partial charge >= 0.3 is 0 Å². The van der Waals surface area contributed by atoms with Gasteiger partial charge < -0.3 is 9.26 Å². The summed E-state index contributed by atoms with van der Waals surface area (Å²) in [7, 11) is 0. The molecule has 1 aromatic carbocycles. The molecule has 2 aromatic rings. The highest BCUT2D eigenvalue weighted by atomic mass is 35.5. The second-order valence-corrected chi connectivity index (χ2v) is 3.90. The summed E-state index contributed by atoms with van der Waals surface area (Å²) in [5.74, 6) is 1.15. The minimum atomic E-state index is 0.102. The Hall–Kier alpha value is -1.55. The summed E-state index contributed by atoms with van der Waals surface area (Å²) in [5, 5.41) is 3.62. The molecule has 0 N–H and O–H groups in total. The molecule has 0 aliphatic carbocycles. The monoisotopic (exact) mass is 238 g/mol. The van der Waals surface area contributed by atoms with Crippen LogP contribution in [0.4, 0.5) is 0 Å². The van der Waals surface area contributed by atoms with Gasteiger partial charge in [0.1, 0.15) is 5.75 Å². The normalized spacial score (nSPS) is 10.8. The van der Waals surface area contributed by atoms with Crippen LogP contribution in [0.25, 0.3) is 11.5 Å². The van der Waals surface area contributed by atoms with E-state index in [1.807, 2.05) is 38.1 Å². The van der Waals surface area contributed by atoms with Gasteiger partial charge in [0.05, 0.1) is 6.10 Å². The van der Waals surface area contributed by atoms with Crippen LogP contribution < -0.4 is 4.74 Å². The van der Waals surface area contributed by atoms with E-state index in [1.165, 1.54) is 0 Å². The van der Waals surface area contributed by atoms with E-state index < -0.39 is 0 Å². The van der Waals surface area contributed by atoms with E-state index in [2.05, 4.69) is 10.1 Å². The molecule has 0 radical (unpaired) electrons. The van der Waals surface area contributed by atoms with Crippen LogP contribution in [0.5, 0.6) is 5.75 Å². The summed E-state index contributed by atoms with van der Waals surface area (Å²) in [6.45, 7) is 3.94. The Labute approximate surface area is 98.2 Å². The predicted molar refractivity (Wildman–Crippen MR) is 60.5 cm³/mol. The van der Waals surface area contributed by atoms with Gasteiger partial charge in [-0.1, -0.05) is 6.07 Å². The maximum atomic E-state index is 5.59. The van der Waals surface area contributed by atoms with E-state index in [0.29, 0.717) is 5.89 Å². The molecule has 0 spiro atoms. The van der Waals surface area contributed by atoms with Gasteiger partial charge in [0, 0.05) is 5.56 Å². The van der Waals surface area contributed by atoms with Gasteiger partial charge in [-0.2, -0.15) is 4.98 Å². The van der Waals surface area contributed by atoms with Crippen molar-refractivity contribution >= 4 is 11.6 Å². The minimum absolute atomic E-state index is 0.102. The summed E-state index contributed by atoms with van der Waals surface area (Å²) in [6, 6.07) is 7.44. The van der Waals surface area contributed by atoms with Crippen LogP contribution in [0, 0.1) is 0 Å². The molecule has 0 saturated heterocycles. The maximum absolute atomic E-state index is 5.59. The molecule has 16 heavy (non-hydrogen) atoms. The van der Waals surface area contributed by atoms with Gasteiger partial charge in [0.15, 0.2) is 0 Å². The Bertz CT molecular complexity index is 482. The Balaban J connectivity index is 2.28. The van der Waals surface area contributed by atoms with Crippen molar-refractivity contribution in [2.24, 2.45) is 0 Å². The molecule has 1 heterocycles. The number of rotatable bonds is 3. The van der Waals surface area contributed by atoms with Crippen LogP contribution in [0.3, 0.4) is 0 Å². The summed E-state index contributed by atoms with van der Waals surface area (Å²) in [4.78, 5) is 3.93. The highest BCUT2D eigenvalue weighted by Crippen LogP contribution is 2.23. The number of ether oxygens (including phenoxy) is 1. The molecule has 0 aliphatic heterocycles. The molecule has 2 rings (SSSR count). The van der Waals surface area contributed by atoms with Crippen molar-refractivity contribution in [2.75, 3.05) is 0 Å². The highest BCUT2D eigenvalue weighted by Gasteiger charge is 2.08. The van der Waals surface area contributed by atoms with E-state index in [1.54, 1.807) is 0 Å². The predicted octanol–water partition coefficient (Wildman–Crippen LogP) is 3.18. The Morgan fingerprint density at radius 1 is 1.38 bits per heavy atom. The zero-order valence-corrected chi connectivity index (χ0v) is 9.73. The minimum Gasteiger partial charge on any atom is -0.491 e. The van der Waals surface area contributed by atoms with Gasteiger partial charge in [-0.3, -0.25) is 0 Å². The number of hydrogen-bond acceptors (Lipinski definition) is 4. The second-order valence-electron chi connectivity index (χ2n) is 3.56. The molecule has 1 aromatic heterocycles. The van der Waals surface area contributed by atoms with Crippen molar-refractivity contribution in [3.8, 4) is 17.2 Å². The molecule has 0 atom stereocenters. The summed E-state index contributed by atoms with van der Waals surface area (Å²) in [6.07, 6.45) is 0.126. The number of aromatic nitrogens is 2. The number of halogens is 1. The maximum Gasteiger partial charge on any atom is 0.264 e. The first-order chi connectivity index (χ1) is 7.65. The van der Waals surface area contributed by atoms with Crippen LogP contribution in [-0.2, 0) is 0 Å². The summed E-state index contributed by atoms with van der Waals surface area (Å²) < 4.78 is 10.5. The highest BCUT2D eigenvalue weighted by molar-refractivity contribution is 6.28. The lowest BCUT2D eigenvalue weighted by Gasteiger charge is -2.09. The van der Waals surface area contributed by atoms with E-state index in [0.717, 1.165) is 11.3 Å². The Morgan fingerprint density at radius 2 is 2.19 bits per heavy atom. The van der Waals surface area contributed by atoms with Crippen LogP contribution >= 0.6 is 11.6 Å². The molecule has 5 heteroatoms. The third kappa shape index (κ3) is 2.52. The molecule has 0 amide bonds. The number of hydrogen-bond donors (Lipinski definition) is 0. The summed E-state index contributed by atoms with van der Waals surface area (Å²) in [5.41, 5.74) is 0.789. The van der Waals surface area contributed by atoms with E-state index in [4.69, 9.17) is 20.9 Å². The lowest BCUT2D eigenvalue weighted by Crippen LogP contribution is -2.05. The fraction of sp³-hybridized carbons (Fsp3) is 0.273. The third-order valence-electron chi connectivity index (χ3n) is 1.85. The second kappa shape index (κ2) is 4.53. The largest absolute Gasteiger partial charge is 0.491 e. The van der Waals surface area contributed by atoms with E-state index >= 15 is 0 Å². The van der Waals surface area contributed by atoms with Crippen molar-refractivity contribution in [2.45, 2.75) is 20.0 Å². The van der Waals surface area contributed by atoms with Crippen molar-refractivity contribution in [3.05, 3.63) is 29.5 Å². The van der Waals surface area contributed by atoms with Gasteiger partial charge in [0.25, 0.3) is 11.2 Å². The van der Waals surface area contributed by atoms with Crippen LogP contribution in [-0.4, -0.2) is 16.2 Å². The molecule has 84 valence electrons. The number of benzene rings is 1. The molecule has 0 fully saturated rings. The smallest absolute Gasteiger partial charge is 0.264 e. The average Bonchev–Trinajstić information content (AvgIpc) is 2.64. The molecule has 0 saturated carbocycles. The van der Waals surface area contributed by atoms with Crippen molar-refractivity contribution in [1.82, 2.24) is 10.1 Å². The first-order valence-corrected chi connectivity index (χ1v) is 5.29. The van der Waals surface area contributed by atoms with Crippen LogP contribution in [0.1, 0.15) is 13.8 Å². The van der Waals surface area contributed by atoms with Crippen LogP contribution in [0.2, 0.25) is 5.28 Å². The lowest BCUT2D eigenvalue weighted by molar-refractivity contribution is 0.242. The van der Waals surface area contributed by atoms with Gasteiger partial charge in [-0.25, -0.2) is 0 Å². The van der Waals surface area contributed by atoms with E-state index in [-0.39, 0.29) is 11.4 Å². The van der Waals surface area contributed by atoms with Gasteiger partial charge in [0.2, 0.25) is 0 Å². The quantitative estimate of drug-likeness (QED) is 0.824. The Kier molecular flexibility index (Phi) is 3.10. The molecular weight excluding hydrogens is 228 g/mol. The first-order valence-electron chi connectivity index (χ1n) is 4.91. The van der Waals surface area contributed by atoms with Gasteiger partial charge in [-0.15, -0.1) is 0 Å². The fourth-order valence-electron chi connectivity index (χ4n) is 1.30. The molecule has 0 unspecified atom stereocenters. The third-order valence-corrected chi connectivity index (χ3v) is 2.01. The molecular formula is C11H11ClN2O2. The topological polar surface area (TPSA) is 48.2 Å². The molecule has 4 nitrogen and oxygen atoms in total. The summed E-state index contributed by atoms with van der Waals surface area (Å²) >= 11 is 5.59. The Morgan fingerprint density at radius 3 is 2.81 bits per heavy atom. The first kappa shape index (κ1) is 11.0. The molecule has 0 aliphatic rings. The van der Waals surface area contributed by atoms with Gasteiger partial charge in [-0.05, 0) is 48.8 Å². The zero-order valence-electron chi connectivity index (χ0n) is 8.98. The standard InChI is InChI=1S/C11H11ClN2O2/c1-7(2)15-9-5-3-4-8(6-9)10-13-11(12)14-16-10/h3-7H,1-2H3. The lowest BCUT2D eigenvalue weighted by atomic mass is 10.2. The zero-order chi connectivity index (χ0) is 11.5. The van der Waals surface area contributed by atoms with E-state index in [9.17, 15) is 0 Å². The van der Waals surface area contributed by atoms with Crippen molar-refractivity contribution in [3.63, 3.8) is 0 Å². The molecule has 0 bridgehead atoms. The SMILES string of the molecule is CC(C)Oc1cccc(-c2nc(Cl)no2)c1. The van der Waals surface area contributed by atoms with Crippen LogP contribution in [0.15, 0.2) is 28.8 Å². The van der Waals surface area contributed by atoms with Crippen molar-refractivity contribution < 1.29 is 9.26 Å². The fourth-order valence-corrected chi connectivity index (χ4v) is 1.41.